The van der Waals surface area contributed by atoms with Crippen LogP contribution in [0, 0.1) is 0 Å². The van der Waals surface area contributed by atoms with Crippen molar-refractivity contribution in [3.8, 4) is 0 Å². The van der Waals surface area contributed by atoms with Gasteiger partial charge in [-0.1, -0.05) is 109 Å². The number of anilines is 6. The molecule has 0 saturated heterocycles. The third-order valence-corrected chi connectivity index (χ3v) is 13.0. The van der Waals surface area contributed by atoms with Crippen LogP contribution in [-0.2, 0) is 0 Å². The average molecular weight is 725 g/mol. The van der Waals surface area contributed by atoms with Gasteiger partial charge < -0.3 is 9.80 Å². The van der Waals surface area contributed by atoms with Crippen LogP contribution in [-0.4, -0.2) is 0 Å². The van der Waals surface area contributed by atoms with Gasteiger partial charge in [0, 0.05) is 74.5 Å². The maximum absolute atomic E-state index is 2.35. The first-order chi connectivity index (χ1) is 26.8. The molecule has 2 aromatic heterocycles. The van der Waals surface area contributed by atoms with Gasteiger partial charge in [-0.05, 0) is 106 Å². The molecule has 9 aromatic carbocycles. The smallest absolute Gasteiger partial charge is 0.0468 e. The fraction of sp³-hybridized carbons (Fsp3) is 0. The Morgan fingerprint density at radius 1 is 0.278 bits per heavy atom. The Kier molecular flexibility index (Phi) is 7.25. The summed E-state index contributed by atoms with van der Waals surface area (Å²) in [5.41, 5.74) is 6.88. The van der Waals surface area contributed by atoms with Crippen molar-refractivity contribution in [3.63, 3.8) is 0 Å². The highest BCUT2D eigenvalue weighted by atomic mass is 32.1. The maximum atomic E-state index is 2.35. The molecule has 0 aliphatic heterocycles. The van der Waals surface area contributed by atoms with Crippen molar-refractivity contribution in [2.45, 2.75) is 0 Å². The molecule has 0 amide bonds. The molecule has 0 unspecified atom stereocenters. The molecule has 0 bridgehead atoms. The molecule has 0 aliphatic carbocycles. The minimum atomic E-state index is 1.14. The molecular weight excluding hydrogens is 693 g/mol. The van der Waals surface area contributed by atoms with E-state index in [1.165, 1.54) is 61.9 Å². The topological polar surface area (TPSA) is 6.48 Å². The van der Waals surface area contributed by atoms with E-state index in [1.807, 2.05) is 22.7 Å². The summed E-state index contributed by atoms with van der Waals surface area (Å²) < 4.78 is 5.36. The predicted molar refractivity (Wildman–Crippen MR) is 237 cm³/mol. The van der Waals surface area contributed by atoms with Crippen LogP contribution in [0.15, 0.2) is 194 Å². The highest BCUT2D eigenvalue weighted by Gasteiger charge is 2.19. The molecule has 0 atom stereocenters. The van der Waals surface area contributed by atoms with Crippen LogP contribution < -0.4 is 9.80 Å². The molecule has 4 heteroatoms. The van der Waals surface area contributed by atoms with E-state index in [4.69, 9.17) is 0 Å². The van der Waals surface area contributed by atoms with Crippen molar-refractivity contribution in [1.29, 1.82) is 0 Å². The summed E-state index contributed by atoms with van der Waals surface area (Å²) in [7, 11) is 0. The fourth-order valence-electron chi connectivity index (χ4n) is 8.16. The second kappa shape index (κ2) is 12.6. The van der Waals surface area contributed by atoms with E-state index in [2.05, 4.69) is 204 Å². The molecule has 0 spiro atoms. The van der Waals surface area contributed by atoms with Gasteiger partial charge in [0.2, 0.25) is 0 Å². The number of hydrogen-bond acceptors (Lipinski definition) is 4. The summed E-state index contributed by atoms with van der Waals surface area (Å²) in [4.78, 5) is 4.67. The summed E-state index contributed by atoms with van der Waals surface area (Å²) >= 11 is 3.83. The van der Waals surface area contributed by atoms with E-state index < -0.39 is 0 Å². The molecule has 2 nitrogen and oxygen atoms in total. The van der Waals surface area contributed by atoms with Gasteiger partial charge in [0.1, 0.15) is 0 Å². The number of nitrogens with zero attached hydrogens (tertiary/aromatic N) is 2. The summed E-state index contributed by atoms with van der Waals surface area (Å²) in [5.74, 6) is 0. The minimum absolute atomic E-state index is 1.14. The van der Waals surface area contributed by atoms with Crippen molar-refractivity contribution >= 4 is 119 Å². The summed E-state index contributed by atoms with van der Waals surface area (Å²) in [6, 6.07) is 70.4. The first kappa shape index (κ1) is 31.1. The van der Waals surface area contributed by atoms with Crippen LogP contribution in [0.4, 0.5) is 34.1 Å². The van der Waals surface area contributed by atoms with Crippen LogP contribution in [0.3, 0.4) is 0 Å². The van der Waals surface area contributed by atoms with Gasteiger partial charge in [0.15, 0.2) is 0 Å². The number of benzene rings is 9. The normalized spacial score (nSPS) is 11.7. The van der Waals surface area contributed by atoms with Crippen molar-refractivity contribution < 1.29 is 0 Å². The Labute approximate surface area is 321 Å². The van der Waals surface area contributed by atoms with Crippen molar-refractivity contribution in [2.24, 2.45) is 0 Å². The first-order valence-corrected chi connectivity index (χ1v) is 19.9. The minimum Gasteiger partial charge on any atom is -0.310 e. The van der Waals surface area contributed by atoms with Crippen LogP contribution in [0.2, 0.25) is 0 Å². The molecule has 0 radical (unpaired) electrons. The van der Waals surface area contributed by atoms with Crippen molar-refractivity contribution in [2.75, 3.05) is 9.80 Å². The third kappa shape index (κ3) is 4.99. The lowest BCUT2D eigenvalue weighted by Crippen LogP contribution is -2.09. The monoisotopic (exact) mass is 724 g/mol. The average Bonchev–Trinajstić information content (AvgIpc) is 3.81. The van der Waals surface area contributed by atoms with Gasteiger partial charge in [-0.2, -0.15) is 0 Å². The van der Waals surface area contributed by atoms with Crippen LogP contribution in [0.25, 0.3) is 61.9 Å². The Hall–Kier alpha value is -6.46. The highest BCUT2D eigenvalue weighted by molar-refractivity contribution is 7.28. The number of fused-ring (bicyclic) bond motifs is 11. The third-order valence-electron chi connectivity index (χ3n) is 10.6. The predicted octanol–water partition coefficient (Wildman–Crippen LogP) is 15.7. The molecule has 11 aromatic rings. The maximum Gasteiger partial charge on any atom is 0.0468 e. The highest BCUT2D eigenvalue weighted by Crippen LogP contribution is 2.49. The van der Waals surface area contributed by atoms with E-state index >= 15 is 0 Å². The van der Waals surface area contributed by atoms with E-state index in [9.17, 15) is 0 Å². The fourth-order valence-corrected chi connectivity index (χ4v) is 10.7. The molecule has 0 saturated carbocycles. The molecule has 0 N–H and O–H groups in total. The van der Waals surface area contributed by atoms with Gasteiger partial charge in [0.05, 0.1) is 0 Å². The molecule has 254 valence electrons. The Morgan fingerprint density at radius 2 is 0.611 bits per heavy atom. The van der Waals surface area contributed by atoms with E-state index in [-0.39, 0.29) is 0 Å². The zero-order valence-electron chi connectivity index (χ0n) is 29.2. The molecule has 11 rings (SSSR count). The lowest BCUT2D eigenvalue weighted by Gasteiger charge is -2.25. The zero-order valence-corrected chi connectivity index (χ0v) is 30.8. The molecule has 0 fully saturated rings. The van der Waals surface area contributed by atoms with Gasteiger partial charge in [0.25, 0.3) is 0 Å². The van der Waals surface area contributed by atoms with Gasteiger partial charge in [-0.25, -0.2) is 0 Å². The standard InChI is InChI=1S/C50H32N2S2/c1-5-13-35(14-6-1)51(36-15-7-2-8-16-36)39-23-27-41-33(31-39)21-25-43-47-45(53-49(41)43)29-30-46-48(47)44-26-22-34-32-40(24-28-42(34)50(44)54-46)52(37-17-9-3-10-18-37)38-19-11-4-12-20-38/h1-32H. The van der Waals surface area contributed by atoms with Gasteiger partial charge >= 0.3 is 0 Å². The molecule has 2 heterocycles. The number of hydrogen-bond donors (Lipinski definition) is 0. The van der Waals surface area contributed by atoms with Crippen LogP contribution >= 0.6 is 22.7 Å². The van der Waals surface area contributed by atoms with E-state index in [0.717, 1.165) is 34.1 Å². The number of rotatable bonds is 6. The molecule has 0 aliphatic rings. The Balaban J connectivity index is 1.06. The second-order valence-corrected chi connectivity index (χ2v) is 15.8. The first-order valence-electron chi connectivity index (χ1n) is 18.3. The summed E-state index contributed by atoms with van der Waals surface area (Å²) in [6.07, 6.45) is 0. The Morgan fingerprint density at radius 3 is 0.963 bits per heavy atom. The SMILES string of the molecule is c1ccc(N(c2ccccc2)c2ccc3c(ccc4c3sc3ccc5sc6c7ccc(N(c8ccccc8)c8ccccc8)cc7ccc6c5c34)c2)cc1. The number of para-hydroxylation sites is 4. The zero-order chi connectivity index (χ0) is 35.6. The Bertz CT molecular complexity index is 2860. The number of thiophene rings is 2. The second-order valence-electron chi connectivity index (χ2n) is 13.7. The summed E-state index contributed by atoms with van der Waals surface area (Å²) in [6.45, 7) is 0. The lowest BCUT2D eigenvalue weighted by atomic mass is 10.0. The summed E-state index contributed by atoms with van der Waals surface area (Å²) in [5, 5.41) is 10.5. The largest absolute Gasteiger partial charge is 0.310 e. The lowest BCUT2D eigenvalue weighted by molar-refractivity contribution is 1.29. The molecule has 54 heavy (non-hydrogen) atoms. The van der Waals surface area contributed by atoms with Crippen molar-refractivity contribution in [1.82, 2.24) is 0 Å². The quantitative estimate of drug-likeness (QED) is 0.168. The van der Waals surface area contributed by atoms with Gasteiger partial charge in [-0.3, -0.25) is 0 Å². The van der Waals surface area contributed by atoms with Crippen LogP contribution in [0.1, 0.15) is 0 Å². The van der Waals surface area contributed by atoms with Crippen molar-refractivity contribution in [3.05, 3.63) is 194 Å². The van der Waals surface area contributed by atoms with E-state index in [1.54, 1.807) is 0 Å². The van der Waals surface area contributed by atoms with Gasteiger partial charge in [-0.15, -0.1) is 22.7 Å². The molecular formula is C50H32N2S2. The van der Waals surface area contributed by atoms with E-state index in [0.29, 0.717) is 0 Å². The van der Waals surface area contributed by atoms with Crippen LogP contribution in [0.5, 0.6) is 0 Å².